The number of nitrogens with one attached hydrogen (secondary N) is 1. The average molecular weight is 255 g/mol. The number of alkyl halides is 3. The molecule has 0 fully saturated rings. The van der Waals surface area contributed by atoms with E-state index in [1.165, 1.54) is 0 Å². The van der Waals surface area contributed by atoms with Gasteiger partial charge in [0.15, 0.2) is 0 Å². The van der Waals surface area contributed by atoms with Crippen molar-refractivity contribution in [2.24, 2.45) is 0 Å². The number of unbranched alkanes of at least 4 members (excludes halogenated alkanes) is 3. The Balaban J connectivity index is 3.22. The fraction of sp³-hybridized carbons (Fsp3) is 0.909. The molecule has 17 heavy (non-hydrogen) atoms. The quantitative estimate of drug-likeness (QED) is 0.508. The van der Waals surface area contributed by atoms with E-state index in [4.69, 9.17) is 0 Å². The van der Waals surface area contributed by atoms with Crippen LogP contribution >= 0.6 is 0 Å². The van der Waals surface area contributed by atoms with Crippen molar-refractivity contribution in [2.45, 2.75) is 45.2 Å². The van der Waals surface area contributed by atoms with Gasteiger partial charge in [-0.1, -0.05) is 13.3 Å². The van der Waals surface area contributed by atoms with E-state index in [1.54, 1.807) is 0 Å². The first-order chi connectivity index (χ1) is 7.98. The molecule has 0 aliphatic rings. The van der Waals surface area contributed by atoms with Crippen LogP contribution in [0.25, 0.3) is 0 Å². The molecule has 0 rings (SSSR count). The van der Waals surface area contributed by atoms with Crippen molar-refractivity contribution in [3.8, 4) is 0 Å². The molecule has 0 aliphatic carbocycles. The van der Waals surface area contributed by atoms with Gasteiger partial charge in [0.05, 0.1) is 6.61 Å². The van der Waals surface area contributed by atoms with Crippen molar-refractivity contribution >= 4 is 5.97 Å². The van der Waals surface area contributed by atoms with Gasteiger partial charge in [0.1, 0.15) is 0 Å². The molecule has 0 radical (unpaired) electrons. The minimum absolute atomic E-state index is 0.159. The first kappa shape index (κ1) is 16.2. The monoisotopic (exact) mass is 255 g/mol. The maximum atomic E-state index is 11.7. The summed E-state index contributed by atoms with van der Waals surface area (Å²) in [5.41, 5.74) is 0. The van der Waals surface area contributed by atoms with Crippen LogP contribution in [0, 0.1) is 0 Å². The molecule has 0 aliphatic heterocycles. The Labute approximate surface area is 99.7 Å². The Kier molecular flexibility index (Phi) is 8.85. The standard InChI is InChI=1S/C11H20F3NO2/c1-2-3-7-15-8-5-4-6-9-17-10(16)11(12,13)14/h15H,2-9H2,1H3. The molecule has 0 aromatic rings. The lowest BCUT2D eigenvalue weighted by Crippen LogP contribution is -2.25. The third kappa shape index (κ3) is 10.1. The van der Waals surface area contributed by atoms with Crippen LogP contribution in [0.5, 0.6) is 0 Å². The first-order valence-corrected chi connectivity index (χ1v) is 5.93. The van der Waals surface area contributed by atoms with E-state index in [2.05, 4.69) is 17.0 Å². The van der Waals surface area contributed by atoms with Gasteiger partial charge >= 0.3 is 12.1 Å². The molecule has 1 N–H and O–H groups in total. The number of hydrogen-bond acceptors (Lipinski definition) is 3. The molecule has 6 heteroatoms. The summed E-state index contributed by atoms with van der Waals surface area (Å²) in [6.07, 6.45) is -0.500. The number of esters is 1. The lowest BCUT2D eigenvalue weighted by molar-refractivity contribution is -0.199. The molecule has 3 nitrogen and oxygen atoms in total. The number of hydrogen-bond donors (Lipinski definition) is 1. The molecule has 0 unspecified atom stereocenters. The third-order valence-corrected chi connectivity index (χ3v) is 2.17. The molecule has 0 saturated carbocycles. The lowest BCUT2D eigenvalue weighted by atomic mass is 10.2. The minimum Gasteiger partial charge on any atom is -0.459 e. The van der Waals surface area contributed by atoms with Crippen LogP contribution in [0.2, 0.25) is 0 Å². The highest BCUT2D eigenvalue weighted by Gasteiger charge is 2.40. The predicted octanol–water partition coefficient (Wildman–Crippen LogP) is 2.65. The van der Waals surface area contributed by atoms with E-state index >= 15 is 0 Å². The number of rotatable bonds is 9. The van der Waals surface area contributed by atoms with Gasteiger partial charge in [-0.05, 0) is 38.8 Å². The van der Waals surface area contributed by atoms with Crippen molar-refractivity contribution in [3.05, 3.63) is 0 Å². The molecule has 0 amide bonds. The van der Waals surface area contributed by atoms with Gasteiger partial charge in [-0.25, -0.2) is 4.79 Å². The normalized spacial score (nSPS) is 11.5. The highest BCUT2D eigenvalue weighted by Crippen LogP contribution is 2.16. The first-order valence-electron chi connectivity index (χ1n) is 5.93. The summed E-state index contributed by atoms with van der Waals surface area (Å²) in [6.45, 7) is 3.77. The van der Waals surface area contributed by atoms with Crippen molar-refractivity contribution < 1.29 is 22.7 Å². The highest BCUT2D eigenvalue weighted by molar-refractivity contribution is 5.75. The summed E-state index contributed by atoms with van der Waals surface area (Å²) in [6, 6.07) is 0. The second-order valence-electron chi connectivity index (χ2n) is 3.80. The Hall–Kier alpha value is -0.780. The van der Waals surface area contributed by atoms with E-state index in [0.29, 0.717) is 6.42 Å². The van der Waals surface area contributed by atoms with Gasteiger partial charge in [0, 0.05) is 0 Å². The van der Waals surface area contributed by atoms with Crippen molar-refractivity contribution in [2.75, 3.05) is 19.7 Å². The molecule has 0 aromatic heterocycles. The topological polar surface area (TPSA) is 38.3 Å². The molecule has 0 bridgehead atoms. The van der Waals surface area contributed by atoms with Gasteiger partial charge in [-0.15, -0.1) is 0 Å². The van der Waals surface area contributed by atoms with Crippen LogP contribution < -0.4 is 5.32 Å². The summed E-state index contributed by atoms with van der Waals surface area (Å²) in [7, 11) is 0. The zero-order valence-electron chi connectivity index (χ0n) is 10.1. The van der Waals surface area contributed by atoms with E-state index < -0.39 is 12.1 Å². The fourth-order valence-corrected chi connectivity index (χ4v) is 1.20. The Morgan fingerprint density at radius 3 is 2.35 bits per heavy atom. The molecular weight excluding hydrogens is 235 g/mol. The van der Waals surface area contributed by atoms with Gasteiger partial charge in [0.25, 0.3) is 0 Å². The van der Waals surface area contributed by atoms with Crippen LogP contribution in [-0.2, 0) is 9.53 Å². The number of carbonyl (C=O) groups excluding carboxylic acids is 1. The lowest BCUT2D eigenvalue weighted by Gasteiger charge is -2.07. The SMILES string of the molecule is CCCCNCCCCCOC(=O)C(F)(F)F. The van der Waals surface area contributed by atoms with Crippen LogP contribution in [0.15, 0.2) is 0 Å². The summed E-state index contributed by atoms with van der Waals surface area (Å²) in [4.78, 5) is 10.3. The molecule has 0 atom stereocenters. The van der Waals surface area contributed by atoms with Crippen molar-refractivity contribution in [1.82, 2.24) is 5.32 Å². The molecule has 0 aromatic carbocycles. The zero-order chi connectivity index (χ0) is 13.1. The molecule has 102 valence electrons. The fourth-order valence-electron chi connectivity index (χ4n) is 1.20. The van der Waals surface area contributed by atoms with Gasteiger partial charge in [-0.2, -0.15) is 13.2 Å². The van der Waals surface area contributed by atoms with E-state index in [1.807, 2.05) is 0 Å². The number of halogens is 3. The van der Waals surface area contributed by atoms with Crippen LogP contribution in [-0.4, -0.2) is 31.8 Å². The van der Waals surface area contributed by atoms with E-state index in [-0.39, 0.29) is 6.61 Å². The van der Waals surface area contributed by atoms with Crippen molar-refractivity contribution in [1.29, 1.82) is 0 Å². The Bertz CT molecular complexity index is 207. The summed E-state index contributed by atoms with van der Waals surface area (Å²) < 4.78 is 39.2. The molecule has 0 heterocycles. The maximum absolute atomic E-state index is 11.7. The van der Waals surface area contributed by atoms with Gasteiger partial charge in [-0.3, -0.25) is 0 Å². The third-order valence-electron chi connectivity index (χ3n) is 2.17. The predicted molar refractivity (Wildman–Crippen MR) is 58.6 cm³/mol. The maximum Gasteiger partial charge on any atom is 0.490 e. The average Bonchev–Trinajstić information content (AvgIpc) is 2.25. The Morgan fingerprint density at radius 1 is 1.12 bits per heavy atom. The smallest absolute Gasteiger partial charge is 0.459 e. The zero-order valence-corrected chi connectivity index (χ0v) is 10.1. The second-order valence-corrected chi connectivity index (χ2v) is 3.80. The van der Waals surface area contributed by atoms with Crippen LogP contribution in [0.4, 0.5) is 13.2 Å². The van der Waals surface area contributed by atoms with Crippen LogP contribution in [0.1, 0.15) is 39.0 Å². The number of ether oxygens (including phenoxy) is 1. The molecule has 0 spiro atoms. The highest BCUT2D eigenvalue weighted by atomic mass is 19.4. The minimum atomic E-state index is -4.87. The summed E-state index contributed by atoms with van der Waals surface area (Å²) in [5.74, 6) is -2.10. The number of carbonyl (C=O) groups is 1. The molecular formula is C11H20F3NO2. The van der Waals surface area contributed by atoms with Crippen molar-refractivity contribution in [3.63, 3.8) is 0 Å². The largest absolute Gasteiger partial charge is 0.490 e. The van der Waals surface area contributed by atoms with E-state index in [9.17, 15) is 18.0 Å². The van der Waals surface area contributed by atoms with Gasteiger partial charge in [0.2, 0.25) is 0 Å². The Morgan fingerprint density at radius 2 is 1.76 bits per heavy atom. The van der Waals surface area contributed by atoms with Crippen LogP contribution in [0.3, 0.4) is 0 Å². The molecule has 0 saturated heterocycles. The second kappa shape index (κ2) is 9.27. The van der Waals surface area contributed by atoms with Gasteiger partial charge < -0.3 is 10.1 Å². The summed E-state index contributed by atoms with van der Waals surface area (Å²) in [5, 5.41) is 3.22. The van der Waals surface area contributed by atoms with E-state index in [0.717, 1.165) is 38.8 Å². The summed E-state index contributed by atoms with van der Waals surface area (Å²) >= 11 is 0.